The molecule has 0 saturated heterocycles. The van der Waals surface area contributed by atoms with Gasteiger partial charge in [0.2, 0.25) is 5.91 Å². The fourth-order valence-corrected chi connectivity index (χ4v) is 3.16. The minimum atomic E-state index is -0.728. The lowest BCUT2D eigenvalue weighted by atomic mass is 10.0. The molecule has 2 atom stereocenters. The topological polar surface area (TPSA) is 67.4 Å². The number of esters is 1. The van der Waals surface area contributed by atoms with E-state index in [1.54, 1.807) is 6.08 Å². The van der Waals surface area contributed by atoms with Crippen LogP contribution in [0.4, 0.5) is 0 Å². The summed E-state index contributed by atoms with van der Waals surface area (Å²) in [5, 5.41) is 6.04. The Bertz CT molecular complexity index is 780. The molecule has 0 heterocycles. The van der Waals surface area contributed by atoms with Crippen molar-refractivity contribution < 1.29 is 14.3 Å². The molecule has 0 aliphatic carbocycles. The second-order valence-electron chi connectivity index (χ2n) is 5.92. The second-order valence-corrected chi connectivity index (χ2v) is 6.78. The first-order valence-electron chi connectivity index (χ1n) is 8.57. The Kier molecular flexibility index (Phi) is 8.23. The van der Waals surface area contributed by atoms with Crippen molar-refractivity contribution in [3.8, 4) is 0 Å². The fraction of sp³-hybridized carbons (Fsp3) is 0.238. The summed E-state index contributed by atoms with van der Waals surface area (Å²) in [6, 6.07) is 15.7. The monoisotopic (exact) mass is 430 g/mol. The van der Waals surface area contributed by atoms with Crippen LogP contribution in [-0.4, -0.2) is 25.0 Å². The fourth-order valence-electron chi connectivity index (χ4n) is 2.65. The molecule has 0 aliphatic rings. The summed E-state index contributed by atoms with van der Waals surface area (Å²) >= 11 is 3.49. The Hall–Kier alpha value is -2.44. The third kappa shape index (κ3) is 6.05. The van der Waals surface area contributed by atoms with E-state index in [0.717, 1.165) is 15.6 Å². The van der Waals surface area contributed by atoms with Crippen molar-refractivity contribution in [1.82, 2.24) is 10.6 Å². The Morgan fingerprint density at radius 2 is 1.81 bits per heavy atom. The maximum absolute atomic E-state index is 12.9. The number of carbonyl (C=O) groups is 2. The van der Waals surface area contributed by atoms with E-state index in [1.807, 2.05) is 54.6 Å². The standard InChI is InChI=1S/C21H23BrN2O3/c1-3-9-18(21(26)27-2)24-19(16-12-7-8-13-17(16)22)20(25)23-14-15-10-5-4-6-11-15/h3-8,10-13,18-19,24H,1,9,14H2,2H3,(H,23,25). The van der Waals surface area contributed by atoms with Crippen molar-refractivity contribution >= 4 is 27.8 Å². The molecule has 2 aromatic carbocycles. The highest BCUT2D eigenvalue weighted by Crippen LogP contribution is 2.24. The van der Waals surface area contributed by atoms with E-state index in [-0.39, 0.29) is 5.91 Å². The molecule has 142 valence electrons. The first-order valence-corrected chi connectivity index (χ1v) is 9.37. The maximum Gasteiger partial charge on any atom is 0.323 e. The van der Waals surface area contributed by atoms with Crippen LogP contribution in [-0.2, 0) is 20.9 Å². The molecule has 5 nitrogen and oxygen atoms in total. The summed E-state index contributed by atoms with van der Waals surface area (Å²) in [6.45, 7) is 4.07. The van der Waals surface area contributed by atoms with Crippen LogP contribution in [0.2, 0.25) is 0 Å². The van der Waals surface area contributed by atoms with E-state index in [4.69, 9.17) is 4.74 Å². The Balaban J connectivity index is 2.23. The van der Waals surface area contributed by atoms with Crippen molar-refractivity contribution in [3.05, 3.63) is 82.9 Å². The van der Waals surface area contributed by atoms with Gasteiger partial charge in [-0.2, -0.15) is 0 Å². The third-order valence-corrected chi connectivity index (χ3v) is 4.77. The Labute approximate surface area is 167 Å². The first kappa shape index (κ1) is 20.9. The minimum absolute atomic E-state index is 0.233. The summed E-state index contributed by atoms with van der Waals surface area (Å²) in [7, 11) is 1.32. The average molecular weight is 431 g/mol. The summed E-state index contributed by atoms with van der Waals surface area (Å²) in [6.07, 6.45) is 1.97. The smallest absolute Gasteiger partial charge is 0.323 e. The molecule has 2 aromatic rings. The lowest BCUT2D eigenvalue weighted by Gasteiger charge is -2.24. The molecule has 1 amide bonds. The van der Waals surface area contributed by atoms with Gasteiger partial charge in [-0.3, -0.25) is 14.9 Å². The number of ether oxygens (including phenoxy) is 1. The average Bonchev–Trinajstić information content (AvgIpc) is 2.70. The second kappa shape index (κ2) is 10.6. The van der Waals surface area contributed by atoms with E-state index in [0.29, 0.717) is 13.0 Å². The van der Waals surface area contributed by atoms with Gasteiger partial charge < -0.3 is 10.1 Å². The van der Waals surface area contributed by atoms with Crippen LogP contribution in [0.3, 0.4) is 0 Å². The summed E-state index contributed by atoms with van der Waals surface area (Å²) < 4.78 is 5.63. The van der Waals surface area contributed by atoms with Gasteiger partial charge in [-0.1, -0.05) is 70.5 Å². The molecule has 27 heavy (non-hydrogen) atoms. The first-order chi connectivity index (χ1) is 13.1. The third-order valence-electron chi connectivity index (χ3n) is 4.04. The van der Waals surface area contributed by atoms with Crippen molar-refractivity contribution in [2.45, 2.75) is 25.0 Å². The van der Waals surface area contributed by atoms with E-state index in [9.17, 15) is 9.59 Å². The van der Waals surface area contributed by atoms with E-state index >= 15 is 0 Å². The highest BCUT2D eigenvalue weighted by atomic mass is 79.9. The number of hydrogen-bond donors (Lipinski definition) is 2. The van der Waals surface area contributed by atoms with Crippen LogP contribution in [0.1, 0.15) is 23.6 Å². The Morgan fingerprint density at radius 3 is 2.44 bits per heavy atom. The molecule has 6 heteroatoms. The quantitative estimate of drug-likeness (QED) is 0.471. The van der Waals surface area contributed by atoms with Gasteiger partial charge in [-0.25, -0.2) is 0 Å². The van der Waals surface area contributed by atoms with Gasteiger partial charge in [0, 0.05) is 11.0 Å². The molecule has 2 rings (SSSR count). The number of methoxy groups -OCH3 is 1. The van der Waals surface area contributed by atoms with Gasteiger partial charge in [0.05, 0.1) is 7.11 Å². The molecule has 0 aromatic heterocycles. The normalized spacial score (nSPS) is 12.7. The molecule has 0 fully saturated rings. The van der Waals surface area contributed by atoms with E-state index in [1.165, 1.54) is 7.11 Å². The van der Waals surface area contributed by atoms with Gasteiger partial charge >= 0.3 is 5.97 Å². The van der Waals surface area contributed by atoms with Crippen LogP contribution < -0.4 is 10.6 Å². The number of amides is 1. The van der Waals surface area contributed by atoms with Gasteiger partial charge in [0.15, 0.2) is 0 Å². The summed E-state index contributed by atoms with van der Waals surface area (Å²) in [4.78, 5) is 25.0. The molecule has 0 spiro atoms. The molecular formula is C21H23BrN2O3. The van der Waals surface area contributed by atoms with Crippen molar-refractivity contribution in [2.75, 3.05) is 7.11 Å². The SMILES string of the molecule is C=CCC(NC(C(=O)NCc1ccccc1)c1ccccc1Br)C(=O)OC. The molecule has 2 N–H and O–H groups in total. The lowest BCUT2D eigenvalue weighted by molar-refractivity contribution is -0.143. The zero-order valence-electron chi connectivity index (χ0n) is 15.2. The van der Waals surface area contributed by atoms with Crippen LogP contribution in [0, 0.1) is 0 Å². The summed E-state index contributed by atoms with van der Waals surface area (Å²) in [5.74, 6) is -0.675. The van der Waals surface area contributed by atoms with Gasteiger partial charge in [-0.05, 0) is 23.6 Å². The van der Waals surface area contributed by atoms with Crippen LogP contribution >= 0.6 is 15.9 Å². The Morgan fingerprint density at radius 1 is 1.15 bits per heavy atom. The predicted molar refractivity (Wildman–Crippen MR) is 109 cm³/mol. The van der Waals surface area contributed by atoms with E-state index < -0.39 is 18.1 Å². The zero-order valence-corrected chi connectivity index (χ0v) is 16.7. The van der Waals surface area contributed by atoms with E-state index in [2.05, 4.69) is 33.1 Å². The molecule has 0 bridgehead atoms. The molecule has 0 saturated carbocycles. The number of carbonyl (C=O) groups excluding carboxylic acids is 2. The highest BCUT2D eigenvalue weighted by Gasteiger charge is 2.28. The molecule has 0 aliphatic heterocycles. The molecule has 0 radical (unpaired) electrons. The predicted octanol–water partition coefficient (Wildman–Crippen LogP) is 3.51. The maximum atomic E-state index is 12.9. The van der Waals surface area contributed by atoms with Gasteiger partial charge in [0.1, 0.15) is 12.1 Å². The van der Waals surface area contributed by atoms with Crippen LogP contribution in [0.5, 0.6) is 0 Å². The van der Waals surface area contributed by atoms with Gasteiger partial charge in [-0.15, -0.1) is 6.58 Å². The number of hydrogen-bond acceptors (Lipinski definition) is 4. The van der Waals surface area contributed by atoms with Crippen molar-refractivity contribution in [3.63, 3.8) is 0 Å². The minimum Gasteiger partial charge on any atom is -0.468 e. The largest absolute Gasteiger partial charge is 0.468 e. The molecule has 2 unspecified atom stereocenters. The van der Waals surface area contributed by atoms with Crippen molar-refractivity contribution in [1.29, 1.82) is 0 Å². The molecular weight excluding hydrogens is 408 g/mol. The summed E-state index contributed by atoms with van der Waals surface area (Å²) in [5.41, 5.74) is 1.73. The van der Waals surface area contributed by atoms with Crippen LogP contribution in [0.25, 0.3) is 0 Å². The van der Waals surface area contributed by atoms with Gasteiger partial charge in [0.25, 0.3) is 0 Å². The van der Waals surface area contributed by atoms with Crippen molar-refractivity contribution in [2.24, 2.45) is 0 Å². The highest BCUT2D eigenvalue weighted by molar-refractivity contribution is 9.10. The number of nitrogens with one attached hydrogen (secondary N) is 2. The van der Waals surface area contributed by atoms with Crippen LogP contribution in [0.15, 0.2) is 71.7 Å². The number of rotatable bonds is 9. The zero-order chi connectivity index (χ0) is 19.6. The lowest BCUT2D eigenvalue weighted by Crippen LogP contribution is -2.45. The number of halogens is 1. The number of benzene rings is 2.